The van der Waals surface area contributed by atoms with Gasteiger partial charge in [-0.15, -0.1) is 0 Å². The van der Waals surface area contributed by atoms with Gasteiger partial charge in [0.1, 0.15) is 31.9 Å². The number of carbonyl (C=O) groups is 7. The van der Waals surface area contributed by atoms with Crippen LogP contribution in [0.5, 0.6) is 0 Å². The first-order valence-corrected chi connectivity index (χ1v) is 7.17. The van der Waals surface area contributed by atoms with Crippen LogP contribution in [0.3, 0.4) is 0 Å². The van der Waals surface area contributed by atoms with E-state index in [2.05, 4.69) is 0 Å². The number of rotatable bonds is 12. The third kappa shape index (κ3) is 8.34. The zero-order chi connectivity index (χ0) is 19.4. The highest BCUT2D eigenvalue weighted by Crippen LogP contribution is 1.98. The van der Waals surface area contributed by atoms with Crippen molar-refractivity contribution in [3.05, 3.63) is 0 Å². The summed E-state index contributed by atoms with van der Waals surface area (Å²) in [5.74, 6) is -2.93. The lowest BCUT2D eigenvalue weighted by Crippen LogP contribution is -2.49. The summed E-state index contributed by atoms with van der Waals surface area (Å²) in [6.45, 7) is -1.59. The molecule has 0 aliphatic carbocycles. The summed E-state index contributed by atoms with van der Waals surface area (Å²) in [6, 6.07) is 0. The number of primary amides is 1. The normalized spacial score (nSPS) is 9.64. The third-order valence-electron chi connectivity index (χ3n) is 3.03. The standard InChI is InChI=1S/C14H20N4O7/c1-11(22)18(9-13(24)16(2-5-19)3-6-20)10-14(25)17(4-7-21)8-12(15)23/h5-7H,2-4,8-10H2,1H3,(H2,15,23). The van der Waals surface area contributed by atoms with E-state index in [1.54, 1.807) is 0 Å². The average molecular weight is 356 g/mol. The van der Waals surface area contributed by atoms with Gasteiger partial charge in [0.15, 0.2) is 0 Å². The Kier molecular flexibility index (Phi) is 10.0. The van der Waals surface area contributed by atoms with Crippen LogP contribution in [0, 0.1) is 0 Å². The Morgan fingerprint density at radius 2 is 1.12 bits per heavy atom. The molecule has 138 valence electrons. The second-order valence-electron chi connectivity index (χ2n) is 4.91. The van der Waals surface area contributed by atoms with Gasteiger partial charge < -0.3 is 34.8 Å². The lowest BCUT2D eigenvalue weighted by molar-refractivity contribution is -0.145. The molecule has 0 aliphatic rings. The Hall–Kier alpha value is -3.11. The monoisotopic (exact) mass is 356 g/mol. The molecule has 11 nitrogen and oxygen atoms in total. The minimum Gasteiger partial charge on any atom is -0.368 e. The highest BCUT2D eigenvalue weighted by atomic mass is 16.2. The summed E-state index contributed by atoms with van der Waals surface area (Å²) < 4.78 is 0. The highest BCUT2D eigenvalue weighted by Gasteiger charge is 2.24. The summed E-state index contributed by atoms with van der Waals surface area (Å²) in [7, 11) is 0. The number of hydrogen-bond acceptors (Lipinski definition) is 7. The highest BCUT2D eigenvalue weighted by molar-refractivity contribution is 5.91. The van der Waals surface area contributed by atoms with Crippen LogP contribution < -0.4 is 5.73 Å². The molecule has 0 saturated heterocycles. The van der Waals surface area contributed by atoms with Gasteiger partial charge in [-0.1, -0.05) is 0 Å². The molecule has 0 heterocycles. The molecule has 0 unspecified atom stereocenters. The molecule has 0 aromatic carbocycles. The van der Waals surface area contributed by atoms with Crippen molar-refractivity contribution in [2.45, 2.75) is 6.92 Å². The van der Waals surface area contributed by atoms with Crippen LogP contribution in [0.2, 0.25) is 0 Å². The molecule has 0 aliphatic heterocycles. The Labute approximate surface area is 143 Å². The predicted molar refractivity (Wildman–Crippen MR) is 82.8 cm³/mol. The summed E-state index contributed by atoms with van der Waals surface area (Å²) >= 11 is 0. The molecule has 0 fully saturated rings. The maximum Gasteiger partial charge on any atom is 0.243 e. The number of aldehydes is 3. The van der Waals surface area contributed by atoms with E-state index < -0.39 is 49.8 Å². The van der Waals surface area contributed by atoms with E-state index in [9.17, 15) is 33.6 Å². The second-order valence-corrected chi connectivity index (χ2v) is 4.91. The van der Waals surface area contributed by atoms with Gasteiger partial charge in [0.05, 0.1) is 26.2 Å². The van der Waals surface area contributed by atoms with Crippen molar-refractivity contribution in [2.24, 2.45) is 5.73 Å². The molecule has 0 atom stereocenters. The minimum absolute atomic E-state index is 0.337. The Morgan fingerprint density at radius 1 is 0.720 bits per heavy atom. The molecule has 0 saturated carbocycles. The quantitative estimate of drug-likeness (QED) is 0.357. The van der Waals surface area contributed by atoms with Gasteiger partial charge >= 0.3 is 0 Å². The fourth-order valence-electron chi connectivity index (χ4n) is 1.80. The summed E-state index contributed by atoms with van der Waals surface area (Å²) in [6.07, 6.45) is 1.23. The predicted octanol–water partition coefficient (Wildman–Crippen LogP) is -3.43. The first-order valence-electron chi connectivity index (χ1n) is 7.17. The number of amides is 4. The Morgan fingerprint density at radius 3 is 1.48 bits per heavy atom. The fourth-order valence-corrected chi connectivity index (χ4v) is 1.80. The van der Waals surface area contributed by atoms with Crippen LogP contribution in [-0.4, -0.2) is 96.5 Å². The summed E-state index contributed by atoms with van der Waals surface area (Å²) in [4.78, 5) is 81.0. The van der Waals surface area contributed by atoms with Gasteiger partial charge in [0.2, 0.25) is 23.6 Å². The first-order chi connectivity index (χ1) is 11.8. The van der Waals surface area contributed by atoms with Gasteiger partial charge in [-0.05, 0) is 0 Å². The lowest BCUT2D eigenvalue weighted by Gasteiger charge is -2.26. The van der Waals surface area contributed by atoms with Gasteiger partial charge in [-0.3, -0.25) is 19.2 Å². The smallest absolute Gasteiger partial charge is 0.243 e. The molecule has 4 amide bonds. The van der Waals surface area contributed by atoms with Crippen molar-refractivity contribution in [3.63, 3.8) is 0 Å². The molecule has 0 radical (unpaired) electrons. The lowest BCUT2D eigenvalue weighted by atomic mass is 10.3. The van der Waals surface area contributed by atoms with Gasteiger partial charge in [-0.25, -0.2) is 0 Å². The number of nitrogens with two attached hydrogens (primary N) is 1. The summed E-state index contributed by atoms with van der Waals surface area (Å²) in [5.41, 5.74) is 4.98. The minimum atomic E-state index is -0.844. The van der Waals surface area contributed by atoms with E-state index >= 15 is 0 Å². The average Bonchev–Trinajstić information content (AvgIpc) is 2.52. The van der Waals surface area contributed by atoms with E-state index in [0.717, 1.165) is 21.6 Å². The zero-order valence-electron chi connectivity index (χ0n) is 13.8. The van der Waals surface area contributed by atoms with E-state index in [-0.39, 0.29) is 13.1 Å². The van der Waals surface area contributed by atoms with Crippen LogP contribution in [0.4, 0.5) is 0 Å². The van der Waals surface area contributed by atoms with Gasteiger partial charge in [0.25, 0.3) is 0 Å². The molecule has 0 aromatic rings. The maximum absolute atomic E-state index is 12.1. The van der Waals surface area contributed by atoms with E-state index in [4.69, 9.17) is 5.73 Å². The van der Waals surface area contributed by atoms with Crippen LogP contribution in [-0.2, 0) is 33.6 Å². The topological polar surface area (TPSA) is 155 Å². The number of nitrogens with zero attached hydrogens (tertiary/aromatic N) is 3. The van der Waals surface area contributed by atoms with E-state index in [1.807, 2.05) is 0 Å². The van der Waals surface area contributed by atoms with Crippen molar-refractivity contribution in [1.29, 1.82) is 0 Å². The van der Waals surface area contributed by atoms with Crippen molar-refractivity contribution in [2.75, 3.05) is 39.3 Å². The first kappa shape index (κ1) is 21.9. The van der Waals surface area contributed by atoms with Crippen LogP contribution in [0.15, 0.2) is 0 Å². The third-order valence-corrected chi connectivity index (χ3v) is 3.03. The summed E-state index contributed by atoms with van der Waals surface area (Å²) in [5, 5.41) is 0. The molecule has 25 heavy (non-hydrogen) atoms. The van der Waals surface area contributed by atoms with Crippen LogP contribution in [0.1, 0.15) is 6.92 Å². The van der Waals surface area contributed by atoms with Crippen LogP contribution in [0.25, 0.3) is 0 Å². The van der Waals surface area contributed by atoms with Crippen molar-refractivity contribution < 1.29 is 33.6 Å². The molecular formula is C14H20N4O7. The van der Waals surface area contributed by atoms with Gasteiger partial charge in [-0.2, -0.15) is 0 Å². The van der Waals surface area contributed by atoms with Gasteiger partial charge in [0, 0.05) is 6.92 Å². The molecule has 0 bridgehead atoms. The molecular weight excluding hydrogens is 336 g/mol. The molecule has 2 N–H and O–H groups in total. The van der Waals surface area contributed by atoms with Crippen molar-refractivity contribution in [3.8, 4) is 0 Å². The molecule has 0 spiro atoms. The van der Waals surface area contributed by atoms with Crippen LogP contribution >= 0.6 is 0 Å². The second kappa shape index (κ2) is 11.4. The fraction of sp³-hybridized carbons (Fsp3) is 0.500. The molecule has 0 aromatic heterocycles. The maximum atomic E-state index is 12.1. The Balaban J connectivity index is 5.06. The molecule has 11 heteroatoms. The SMILES string of the molecule is CC(=O)N(CC(=O)N(CC=O)CC=O)CC(=O)N(CC=O)CC(N)=O. The van der Waals surface area contributed by atoms with Crippen molar-refractivity contribution in [1.82, 2.24) is 14.7 Å². The van der Waals surface area contributed by atoms with E-state index in [1.165, 1.54) is 0 Å². The number of carbonyl (C=O) groups excluding carboxylic acids is 7. The van der Waals surface area contributed by atoms with E-state index in [0.29, 0.717) is 18.9 Å². The Bertz CT molecular complexity index is 539. The van der Waals surface area contributed by atoms with Crippen molar-refractivity contribution >= 4 is 42.5 Å². The zero-order valence-corrected chi connectivity index (χ0v) is 13.8. The number of hydrogen-bond donors (Lipinski definition) is 1. The molecule has 0 rings (SSSR count). The largest absolute Gasteiger partial charge is 0.368 e.